The van der Waals surface area contributed by atoms with Crippen LogP contribution in [0.1, 0.15) is 31.1 Å². The summed E-state index contributed by atoms with van der Waals surface area (Å²) >= 11 is 6.12. The molecule has 0 aliphatic rings. The zero-order chi connectivity index (χ0) is 25.5. The van der Waals surface area contributed by atoms with Crippen molar-refractivity contribution in [3.63, 3.8) is 0 Å². The summed E-state index contributed by atoms with van der Waals surface area (Å²) in [7, 11) is 0. The molecule has 9 nitrogen and oxygen atoms in total. The average Bonchev–Trinajstić information content (AvgIpc) is 2.84. The van der Waals surface area contributed by atoms with Gasteiger partial charge in [-0.25, -0.2) is 0 Å². The van der Waals surface area contributed by atoms with Crippen LogP contribution in [0.25, 0.3) is 0 Å². The number of aldehydes is 3. The van der Waals surface area contributed by atoms with E-state index in [1.165, 1.54) is 42.5 Å². The van der Waals surface area contributed by atoms with Crippen molar-refractivity contribution in [1.29, 1.82) is 0 Å². The lowest BCUT2D eigenvalue weighted by molar-refractivity contribution is 0.108. The lowest BCUT2D eigenvalue weighted by atomic mass is 10.2. The molecule has 0 amide bonds. The molecule has 0 fully saturated rings. The molecule has 4 N–H and O–H groups in total. The summed E-state index contributed by atoms with van der Waals surface area (Å²) < 4.78 is 11.2. The van der Waals surface area contributed by atoms with E-state index in [4.69, 9.17) is 19.7 Å². The van der Waals surface area contributed by atoms with Crippen molar-refractivity contribution in [3.8, 4) is 34.5 Å². The van der Waals surface area contributed by atoms with Crippen molar-refractivity contribution in [2.24, 2.45) is 0 Å². The Balaban J connectivity index is 0.000000369. The smallest absolute Gasteiger partial charge is 0.231 e. The number of benzene rings is 3. The van der Waals surface area contributed by atoms with Crippen molar-refractivity contribution in [1.82, 2.24) is 0 Å². The lowest BCUT2D eigenvalue weighted by Crippen LogP contribution is -2.06. The molecule has 0 aromatic heterocycles. The number of para-hydroxylation sites is 3. The first-order chi connectivity index (χ1) is 16.3. The molecular weight excluding hydrogens is 580 g/mol. The third-order valence-corrected chi connectivity index (χ3v) is 3.92. The summed E-state index contributed by atoms with van der Waals surface area (Å²) in [6.45, 7) is -0.314. The molecule has 0 bridgehead atoms. The number of aromatic hydroxyl groups is 4. The summed E-state index contributed by atoms with van der Waals surface area (Å²) in [5.74, 6) is -1.07. The van der Waals surface area contributed by atoms with E-state index in [1.807, 2.05) is 0 Å². The standard InChI is InChI=1S/C15H12O6.C7H6O3.CH2Br2/c16-7-10-3-1-5-12(14(10)18)20-9-21-13-6-2-4-11(8-17)15(13)19;8-4-5-2-1-3-6(9)7(5)10;2-1-3/h1-8,18-19H,9H2;1-4,9-10H;1H2. The van der Waals surface area contributed by atoms with Gasteiger partial charge in [0.1, 0.15) is 0 Å². The number of carbonyl (C=O) groups excluding carboxylic acids is 3. The van der Waals surface area contributed by atoms with Gasteiger partial charge in [0.2, 0.25) is 6.79 Å². The molecule has 0 spiro atoms. The molecule has 180 valence electrons. The van der Waals surface area contributed by atoms with Crippen LogP contribution in [-0.2, 0) is 0 Å². The molecule has 0 unspecified atom stereocenters. The van der Waals surface area contributed by atoms with Gasteiger partial charge in [0, 0.05) is 0 Å². The van der Waals surface area contributed by atoms with E-state index in [1.54, 1.807) is 12.1 Å². The minimum atomic E-state index is -0.363. The highest BCUT2D eigenvalue weighted by molar-refractivity contribution is 9.24. The number of alkyl halides is 2. The predicted octanol–water partition coefficient (Wildman–Crippen LogP) is 4.78. The molecule has 0 aliphatic heterocycles. The fourth-order valence-electron chi connectivity index (χ4n) is 2.30. The largest absolute Gasteiger partial charge is 0.504 e. The van der Waals surface area contributed by atoms with Gasteiger partial charge in [0.15, 0.2) is 53.4 Å². The minimum absolute atomic E-state index is 0.0747. The first kappa shape index (κ1) is 28.5. The molecule has 0 heterocycles. The van der Waals surface area contributed by atoms with Crippen molar-refractivity contribution in [2.75, 3.05) is 11.0 Å². The second-order valence-electron chi connectivity index (χ2n) is 5.96. The number of ether oxygens (including phenoxy) is 2. The monoisotopic (exact) mass is 598 g/mol. The highest BCUT2D eigenvalue weighted by Crippen LogP contribution is 2.31. The Hall–Kier alpha value is -3.57. The highest BCUT2D eigenvalue weighted by atomic mass is 79.9. The van der Waals surface area contributed by atoms with Crippen LogP contribution in [0.2, 0.25) is 0 Å². The topological polar surface area (TPSA) is 151 Å². The molecule has 0 saturated heterocycles. The molecule has 0 radical (unpaired) electrons. The normalized spacial score (nSPS) is 9.35. The predicted molar refractivity (Wildman–Crippen MR) is 131 cm³/mol. The average molecular weight is 600 g/mol. The van der Waals surface area contributed by atoms with Crippen molar-refractivity contribution in [2.45, 2.75) is 0 Å². The number of halogens is 2. The Morgan fingerprint density at radius 2 is 0.971 bits per heavy atom. The second-order valence-corrected chi connectivity index (χ2v) is 8.59. The van der Waals surface area contributed by atoms with Gasteiger partial charge in [-0.15, -0.1) is 0 Å². The van der Waals surface area contributed by atoms with Gasteiger partial charge in [-0.3, -0.25) is 14.4 Å². The van der Waals surface area contributed by atoms with Crippen molar-refractivity contribution in [3.05, 3.63) is 71.3 Å². The number of phenols is 4. The van der Waals surface area contributed by atoms with E-state index in [-0.39, 0.29) is 58.0 Å². The van der Waals surface area contributed by atoms with Gasteiger partial charge in [-0.1, -0.05) is 50.1 Å². The minimum Gasteiger partial charge on any atom is -0.504 e. The van der Waals surface area contributed by atoms with Crippen LogP contribution in [0.3, 0.4) is 0 Å². The van der Waals surface area contributed by atoms with E-state index in [0.29, 0.717) is 18.9 Å². The van der Waals surface area contributed by atoms with Crippen LogP contribution in [0.15, 0.2) is 54.6 Å². The Kier molecular flexibility index (Phi) is 12.8. The summed E-state index contributed by atoms with van der Waals surface area (Å²) in [5.41, 5.74) is 0.289. The fourth-order valence-corrected chi connectivity index (χ4v) is 2.30. The molecule has 3 aromatic rings. The van der Waals surface area contributed by atoms with Gasteiger partial charge < -0.3 is 29.9 Å². The Labute approximate surface area is 211 Å². The quantitative estimate of drug-likeness (QED) is 0.130. The van der Waals surface area contributed by atoms with E-state index in [2.05, 4.69) is 31.9 Å². The Morgan fingerprint density at radius 1 is 0.618 bits per heavy atom. The fraction of sp³-hybridized carbons (Fsp3) is 0.0870. The summed E-state index contributed by atoms with van der Waals surface area (Å²) in [6, 6.07) is 13.1. The van der Waals surface area contributed by atoms with Gasteiger partial charge >= 0.3 is 0 Å². The molecule has 3 aromatic carbocycles. The van der Waals surface area contributed by atoms with Gasteiger partial charge in [-0.2, -0.15) is 0 Å². The molecule has 3 rings (SSSR count). The van der Waals surface area contributed by atoms with Crippen LogP contribution in [0, 0.1) is 0 Å². The van der Waals surface area contributed by atoms with Gasteiger partial charge in [0.05, 0.1) is 20.9 Å². The van der Waals surface area contributed by atoms with Crippen LogP contribution in [-0.4, -0.2) is 50.3 Å². The summed E-state index contributed by atoms with van der Waals surface area (Å²) in [4.78, 5) is 31.5. The van der Waals surface area contributed by atoms with Crippen molar-refractivity contribution >= 4 is 50.7 Å². The van der Waals surface area contributed by atoms with Crippen LogP contribution in [0.5, 0.6) is 34.5 Å². The van der Waals surface area contributed by atoms with Crippen molar-refractivity contribution < 1.29 is 44.3 Å². The molecule has 0 saturated carbocycles. The zero-order valence-electron chi connectivity index (χ0n) is 17.4. The van der Waals surface area contributed by atoms with E-state index in [0.717, 1.165) is 4.24 Å². The van der Waals surface area contributed by atoms with E-state index in [9.17, 15) is 24.6 Å². The van der Waals surface area contributed by atoms with E-state index >= 15 is 0 Å². The maximum Gasteiger partial charge on any atom is 0.231 e. The number of hydrogen-bond donors (Lipinski definition) is 4. The second kappa shape index (κ2) is 15.3. The Bertz CT molecular complexity index is 1050. The number of hydrogen-bond acceptors (Lipinski definition) is 9. The molecule has 0 aliphatic carbocycles. The highest BCUT2D eigenvalue weighted by Gasteiger charge is 2.10. The van der Waals surface area contributed by atoms with Crippen LogP contribution < -0.4 is 9.47 Å². The third kappa shape index (κ3) is 8.41. The third-order valence-electron chi connectivity index (χ3n) is 3.92. The number of phenolic OH excluding ortho intramolecular Hbond substituents is 4. The Morgan fingerprint density at radius 3 is 1.32 bits per heavy atom. The van der Waals surface area contributed by atoms with Crippen LogP contribution >= 0.6 is 31.9 Å². The summed E-state index contributed by atoms with van der Waals surface area (Å²) in [5, 5.41) is 37.2. The van der Waals surface area contributed by atoms with Gasteiger partial charge in [-0.05, 0) is 36.4 Å². The zero-order valence-corrected chi connectivity index (χ0v) is 20.6. The lowest BCUT2D eigenvalue weighted by Gasteiger charge is -2.11. The number of carbonyl (C=O) groups is 3. The maximum atomic E-state index is 10.7. The SMILES string of the molecule is BrCBr.O=Cc1cccc(O)c1O.O=Cc1cccc(OCOc2cccc(C=O)c2O)c1O. The van der Waals surface area contributed by atoms with Crippen LogP contribution in [0.4, 0.5) is 0 Å². The molecule has 34 heavy (non-hydrogen) atoms. The first-order valence-electron chi connectivity index (χ1n) is 9.22. The molecular formula is C23H20Br2O9. The van der Waals surface area contributed by atoms with E-state index < -0.39 is 0 Å². The first-order valence-corrected chi connectivity index (χ1v) is 11.5. The van der Waals surface area contributed by atoms with Gasteiger partial charge in [0.25, 0.3) is 0 Å². The maximum absolute atomic E-state index is 10.7. The molecule has 0 atom stereocenters. The molecule has 11 heteroatoms. The summed E-state index contributed by atoms with van der Waals surface area (Å²) in [6.07, 6.45) is 1.49. The number of rotatable bonds is 7.